The highest BCUT2D eigenvalue weighted by molar-refractivity contribution is 5.93. The Morgan fingerprint density at radius 3 is 2.91 bits per heavy atom. The summed E-state index contributed by atoms with van der Waals surface area (Å²) in [6.45, 7) is 4.46. The Morgan fingerprint density at radius 2 is 2.15 bits per heavy atom. The van der Waals surface area contributed by atoms with Crippen molar-refractivity contribution in [3.63, 3.8) is 0 Å². The van der Waals surface area contributed by atoms with Crippen LogP contribution in [-0.2, 0) is 4.74 Å². The molecule has 0 spiro atoms. The molecule has 1 aliphatic carbocycles. The molecule has 1 saturated carbocycles. The zero-order valence-corrected chi connectivity index (χ0v) is 19.2. The van der Waals surface area contributed by atoms with Crippen LogP contribution in [0.15, 0.2) is 30.3 Å². The van der Waals surface area contributed by atoms with Gasteiger partial charge in [-0.1, -0.05) is 18.2 Å². The number of carbonyl (C=O) groups excluding carboxylic acids is 3. The predicted molar refractivity (Wildman–Crippen MR) is 126 cm³/mol. The summed E-state index contributed by atoms with van der Waals surface area (Å²) in [5, 5.41) is 22.7. The molecule has 10 nitrogen and oxygen atoms in total. The lowest BCUT2D eigenvalue weighted by molar-refractivity contribution is 0.0981. The molecule has 1 aromatic heterocycles. The van der Waals surface area contributed by atoms with Crippen molar-refractivity contribution in [1.82, 2.24) is 20.4 Å². The molecule has 0 saturated heterocycles. The average molecular weight is 468 g/mol. The number of anilines is 1. The quantitative estimate of drug-likeness (QED) is 0.479. The highest BCUT2D eigenvalue weighted by atomic mass is 16.6. The van der Waals surface area contributed by atoms with Crippen molar-refractivity contribution >= 4 is 29.8 Å². The smallest absolute Gasteiger partial charge is 0.407 e. The molecule has 10 heteroatoms. The number of aromatic nitrogens is 2. The number of benzene rings is 1. The summed E-state index contributed by atoms with van der Waals surface area (Å²) in [6.07, 6.45) is 4.27. The number of hydrogen-bond acceptors (Lipinski definition) is 6. The van der Waals surface area contributed by atoms with E-state index >= 15 is 0 Å². The summed E-state index contributed by atoms with van der Waals surface area (Å²) in [6, 6.07) is 6.40. The minimum absolute atomic E-state index is 0.0253. The first kappa shape index (κ1) is 23.3. The molecule has 0 bridgehead atoms. The van der Waals surface area contributed by atoms with Gasteiger partial charge in [0.05, 0.1) is 5.56 Å². The third-order valence-electron chi connectivity index (χ3n) is 6.09. The second-order valence-electron chi connectivity index (χ2n) is 8.94. The molecule has 2 aliphatic rings. The van der Waals surface area contributed by atoms with E-state index < -0.39 is 6.09 Å². The third-order valence-corrected chi connectivity index (χ3v) is 6.09. The number of aromatic hydroxyl groups is 1. The molecule has 180 valence electrons. The van der Waals surface area contributed by atoms with E-state index in [-0.39, 0.29) is 35.4 Å². The molecular formula is C24H29N5O5. The van der Waals surface area contributed by atoms with Gasteiger partial charge in [-0.2, -0.15) is 5.10 Å². The lowest BCUT2D eigenvalue weighted by Crippen LogP contribution is -2.33. The van der Waals surface area contributed by atoms with Gasteiger partial charge < -0.3 is 20.1 Å². The highest BCUT2D eigenvalue weighted by Gasteiger charge is 2.30. The van der Waals surface area contributed by atoms with Crippen LogP contribution >= 0.6 is 0 Å². The van der Waals surface area contributed by atoms with Gasteiger partial charge in [-0.3, -0.25) is 15.2 Å². The molecule has 2 atom stereocenters. The van der Waals surface area contributed by atoms with Gasteiger partial charge in [-0.15, -0.1) is 0 Å². The number of hydrogen-bond donors (Lipinski definition) is 4. The standard InChI is InChI=1S/C24H29N5O5/c1-14(2)25-24(33)34-17-7-6-15(10-17)20-11-22(28-27-20)26-23(32)29-9-8-16(12-29)18-4-3-5-21(31)19(18)13-30/h3-5,8,11,13-15,17,31H,6-7,9-10,12H2,1-2H3,(H,25,33)(H2,26,27,28,32)/t15-,17+/m0/s1. The summed E-state index contributed by atoms with van der Waals surface area (Å²) >= 11 is 0. The van der Waals surface area contributed by atoms with Gasteiger partial charge in [0.1, 0.15) is 11.9 Å². The van der Waals surface area contributed by atoms with Crippen LogP contribution in [0.5, 0.6) is 5.75 Å². The number of carbonyl (C=O) groups is 3. The Kier molecular flexibility index (Phi) is 6.85. The number of nitrogens with zero attached hydrogens (tertiary/aromatic N) is 2. The van der Waals surface area contributed by atoms with Gasteiger partial charge in [0.2, 0.25) is 0 Å². The first-order valence-corrected chi connectivity index (χ1v) is 11.4. The van der Waals surface area contributed by atoms with E-state index in [2.05, 4.69) is 20.8 Å². The summed E-state index contributed by atoms with van der Waals surface area (Å²) in [4.78, 5) is 37.5. The normalized spacial score (nSPS) is 19.7. The van der Waals surface area contributed by atoms with E-state index in [1.807, 2.05) is 26.0 Å². The van der Waals surface area contributed by atoms with Crippen molar-refractivity contribution in [3.05, 3.63) is 47.2 Å². The maximum absolute atomic E-state index is 12.7. The molecule has 3 amide bonds. The number of aldehydes is 1. The molecule has 4 rings (SSSR count). The molecule has 2 heterocycles. The van der Waals surface area contributed by atoms with Crippen LogP contribution in [0.25, 0.3) is 5.57 Å². The van der Waals surface area contributed by atoms with E-state index in [4.69, 9.17) is 4.74 Å². The van der Waals surface area contributed by atoms with Crippen LogP contribution in [0.1, 0.15) is 60.6 Å². The van der Waals surface area contributed by atoms with Crippen LogP contribution in [0.2, 0.25) is 0 Å². The lowest BCUT2D eigenvalue weighted by Gasteiger charge is -2.17. The molecular weight excluding hydrogens is 438 g/mol. The Bertz CT molecular complexity index is 1110. The van der Waals surface area contributed by atoms with Crippen molar-refractivity contribution in [1.29, 1.82) is 0 Å². The molecule has 34 heavy (non-hydrogen) atoms. The number of phenols is 1. The van der Waals surface area contributed by atoms with E-state index in [0.29, 0.717) is 37.2 Å². The Hall–Kier alpha value is -3.82. The van der Waals surface area contributed by atoms with E-state index in [1.54, 1.807) is 17.0 Å². The topological polar surface area (TPSA) is 137 Å². The van der Waals surface area contributed by atoms with Gasteiger partial charge in [0.15, 0.2) is 12.1 Å². The fraction of sp³-hybridized carbons (Fsp3) is 0.417. The highest BCUT2D eigenvalue weighted by Crippen LogP contribution is 2.36. The van der Waals surface area contributed by atoms with Gasteiger partial charge >= 0.3 is 12.1 Å². The molecule has 0 unspecified atom stereocenters. The summed E-state index contributed by atoms with van der Waals surface area (Å²) in [7, 11) is 0. The summed E-state index contributed by atoms with van der Waals surface area (Å²) < 4.78 is 5.48. The maximum atomic E-state index is 12.7. The molecule has 1 aromatic carbocycles. The maximum Gasteiger partial charge on any atom is 0.407 e. The van der Waals surface area contributed by atoms with Crippen molar-refractivity contribution in [2.24, 2.45) is 0 Å². The summed E-state index contributed by atoms with van der Waals surface area (Å²) in [5.41, 5.74) is 2.52. The number of ether oxygens (including phenoxy) is 1. The number of phenolic OH excluding ortho intramolecular Hbond substituents is 1. The number of nitrogens with one attached hydrogen (secondary N) is 3. The number of rotatable bonds is 6. The van der Waals surface area contributed by atoms with Crippen LogP contribution in [-0.4, -0.2) is 63.8 Å². The number of urea groups is 1. The Balaban J connectivity index is 1.30. The zero-order chi connectivity index (χ0) is 24.2. The Morgan fingerprint density at radius 1 is 1.32 bits per heavy atom. The fourth-order valence-corrected chi connectivity index (χ4v) is 4.41. The van der Waals surface area contributed by atoms with Crippen LogP contribution < -0.4 is 10.6 Å². The molecule has 1 fully saturated rings. The van der Waals surface area contributed by atoms with E-state index in [0.717, 1.165) is 24.1 Å². The Labute approximate surface area is 197 Å². The van der Waals surface area contributed by atoms with E-state index in [1.165, 1.54) is 6.07 Å². The third kappa shape index (κ3) is 5.22. The van der Waals surface area contributed by atoms with E-state index in [9.17, 15) is 19.5 Å². The zero-order valence-electron chi connectivity index (χ0n) is 19.2. The fourth-order valence-electron chi connectivity index (χ4n) is 4.41. The average Bonchev–Trinajstić information content (AvgIpc) is 3.53. The van der Waals surface area contributed by atoms with Gasteiger partial charge in [-0.25, -0.2) is 9.59 Å². The van der Waals surface area contributed by atoms with Crippen molar-refractivity contribution in [2.45, 2.75) is 51.2 Å². The van der Waals surface area contributed by atoms with Crippen molar-refractivity contribution < 1.29 is 24.2 Å². The van der Waals surface area contributed by atoms with Crippen LogP contribution in [0.3, 0.4) is 0 Å². The molecule has 4 N–H and O–H groups in total. The SMILES string of the molecule is CC(C)NC(=O)O[C@@H]1CC[C@H](c2cc(NC(=O)N3CC=C(c4cccc(O)c4C=O)C3)n[nH]2)C1. The molecule has 0 radical (unpaired) electrons. The first-order chi connectivity index (χ1) is 16.3. The largest absolute Gasteiger partial charge is 0.507 e. The monoisotopic (exact) mass is 467 g/mol. The van der Waals surface area contributed by atoms with Crippen molar-refractivity contribution in [2.75, 3.05) is 18.4 Å². The number of amides is 3. The molecule has 1 aliphatic heterocycles. The van der Waals surface area contributed by atoms with Crippen LogP contribution in [0, 0.1) is 0 Å². The number of alkyl carbamates (subject to hydrolysis) is 1. The van der Waals surface area contributed by atoms with Gasteiger partial charge in [0, 0.05) is 36.8 Å². The number of aromatic amines is 1. The first-order valence-electron chi connectivity index (χ1n) is 11.4. The predicted octanol–water partition coefficient (Wildman–Crippen LogP) is 3.63. The minimum Gasteiger partial charge on any atom is -0.507 e. The second-order valence-corrected chi connectivity index (χ2v) is 8.94. The van der Waals surface area contributed by atoms with Crippen molar-refractivity contribution in [3.8, 4) is 5.75 Å². The lowest BCUT2D eigenvalue weighted by atomic mass is 10.0. The minimum atomic E-state index is -0.400. The number of H-pyrrole nitrogens is 1. The van der Waals surface area contributed by atoms with Gasteiger partial charge in [0.25, 0.3) is 0 Å². The summed E-state index contributed by atoms with van der Waals surface area (Å²) in [5.74, 6) is 0.504. The molecule has 2 aromatic rings. The van der Waals surface area contributed by atoms with Crippen LogP contribution in [0.4, 0.5) is 15.4 Å². The second kappa shape index (κ2) is 9.98. The van der Waals surface area contributed by atoms with Gasteiger partial charge in [-0.05, 0) is 50.3 Å².